The number of hydrogen-bond donors (Lipinski definition) is 6. The van der Waals surface area contributed by atoms with Gasteiger partial charge in [0.05, 0.1) is 13.2 Å². The minimum atomic E-state index is -5.04. The van der Waals surface area contributed by atoms with Crippen molar-refractivity contribution in [3.8, 4) is 0 Å². The Morgan fingerprint density at radius 2 is 0.937 bits per heavy atom. The van der Waals surface area contributed by atoms with Gasteiger partial charge in [0.2, 0.25) is 0 Å². The molecule has 364 valence electrons. The fraction of sp³-hybridized carbons (Fsp3) is 0.740. The Labute approximate surface area is 380 Å². The van der Waals surface area contributed by atoms with Crippen LogP contribution >= 0.6 is 7.82 Å². The molecular formula is C50H87O12P. The van der Waals surface area contributed by atoms with Crippen molar-refractivity contribution in [1.82, 2.24) is 0 Å². The monoisotopic (exact) mass is 911 g/mol. The van der Waals surface area contributed by atoms with Crippen LogP contribution in [0.5, 0.6) is 0 Å². The normalized spacial score (nSPS) is 22.5. The molecule has 0 radical (unpaired) electrons. The van der Waals surface area contributed by atoms with Crippen LogP contribution in [-0.4, -0.2) is 98.9 Å². The lowest BCUT2D eigenvalue weighted by atomic mass is 9.85. The van der Waals surface area contributed by atoms with Crippen molar-refractivity contribution in [3.63, 3.8) is 0 Å². The van der Waals surface area contributed by atoms with E-state index in [1.807, 2.05) is 0 Å². The van der Waals surface area contributed by atoms with Gasteiger partial charge < -0.3 is 39.9 Å². The molecule has 6 unspecified atom stereocenters. The fourth-order valence-corrected chi connectivity index (χ4v) is 7.94. The first-order chi connectivity index (χ1) is 30.5. The minimum Gasteiger partial charge on any atom is -0.457 e. The molecule has 0 aromatic carbocycles. The third kappa shape index (κ3) is 32.2. The van der Waals surface area contributed by atoms with Gasteiger partial charge in [0.1, 0.15) is 42.7 Å². The number of phosphoric ester groups is 1. The van der Waals surface area contributed by atoms with Crippen molar-refractivity contribution in [1.29, 1.82) is 0 Å². The molecule has 12 nitrogen and oxygen atoms in total. The van der Waals surface area contributed by atoms with Gasteiger partial charge in [-0.15, -0.1) is 0 Å². The topological polar surface area (TPSA) is 192 Å². The molecule has 0 heterocycles. The van der Waals surface area contributed by atoms with Gasteiger partial charge in [0, 0.05) is 13.0 Å². The van der Waals surface area contributed by atoms with Gasteiger partial charge >= 0.3 is 13.8 Å². The van der Waals surface area contributed by atoms with E-state index in [1.165, 1.54) is 64.2 Å². The van der Waals surface area contributed by atoms with Gasteiger partial charge in [-0.2, -0.15) is 0 Å². The van der Waals surface area contributed by atoms with Crippen molar-refractivity contribution < 1.29 is 58.3 Å². The highest BCUT2D eigenvalue weighted by Crippen LogP contribution is 2.47. The van der Waals surface area contributed by atoms with E-state index in [2.05, 4.69) is 86.8 Å². The van der Waals surface area contributed by atoms with E-state index in [1.54, 1.807) is 0 Å². The average molecular weight is 911 g/mol. The zero-order chi connectivity index (χ0) is 46.2. The lowest BCUT2D eigenvalue weighted by Crippen LogP contribution is -2.64. The molecule has 0 saturated heterocycles. The summed E-state index contributed by atoms with van der Waals surface area (Å²) in [6.07, 6.45) is 39.6. The molecule has 1 aliphatic rings. The smallest absolute Gasteiger partial charge is 0.457 e. The maximum atomic E-state index is 12.8. The van der Waals surface area contributed by atoms with Crippen molar-refractivity contribution in [3.05, 3.63) is 72.9 Å². The second-order valence-corrected chi connectivity index (χ2v) is 18.0. The van der Waals surface area contributed by atoms with E-state index in [4.69, 9.17) is 18.5 Å². The summed E-state index contributed by atoms with van der Waals surface area (Å²) in [6.45, 7) is 4.09. The number of rotatable bonds is 40. The third-order valence-corrected chi connectivity index (χ3v) is 11.8. The molecule has 1 rings (SSSR count). The first-order valence-electron chi connectivity index (χ1n) is 24.3. The van der Waals surface area contributed by atoms with Crippen LogP contribution in [0.1, 0.15) is 174 Å². The summed E-state index contributed by atoms with van der Waals surface area (Å²) < 4.78 is 34.2. The average Bonchev–Trinajstić information content (AvgIpc) is 3.27. The molecule has 0 aromatic heterocycles. The van der Waals surface area contributed by atoms with Crippen LogP contribution in [0.2, 0.25) is 0 Å². The Bertz CT molecular complexity index is 1310. The number of ether oxygens (including phenoxy) is 2. The minimum absolute atomic E-state index is 0.0979. The quantitative estimate of drug-likeness (QED) is 0.0148. The SMILES string of the molecule is CC/C=C\C/C=C\C/C=C\C/C=C\C/C=C\CCCCCC(=O)OC(COCCCCCCCC/C=C\CCCCCCCCC)COP(=O)(O)OC1C(O)C(O)C(O)C(O)C1O. The van der Waals surface area contributed by atoms with Crippen LogP contribution < -0.4 is 0 Å². The Kier molecular flexibility index (Phi) is 37.4. The van der Waals surface area contributed by atoms with Crippen LogP contribution in [-0.2, 0) is 27.9 Å². The number of phosphoric acid groups is 1. The highest BCUT2D eigenvalue weighted by molar-refractivity contribution is 7.47. The van der Waals surface area contributed by atoms with Crippen LogP contribution in [0.15, 0.2) is 72.9 Å². The zero-order valence-electron chi connectivity index (χ0n) is 38.8. The predicted molar refractivity (Wildman–Crippen MR) is 253 cm³/mol. The fourth-order valence-electron chi connectivity index (χ4n) is 6.96. The molecule has 63 heavy (non-hydrogen) atoms. The number of unbranched alkanes of at least 4 members (excludes halogenated alkanes) is 16. The van der Waals surface area contributed by atoms with E-state index in [-0.39, 0.29) is 13.0 Å². The maximum Gasteiger partial charge on any atom is 0.472 e. The Balaban J connectivity index is 2.42. The van der Waals surface area contributed by atoms with Crippen molar-refractivity contribution in [2.75, 3.05) is 19.8 Å². The highest BCUT2D eigenvalue weighted by atomic mass is 31.2. The molecule has 1 saturated carbocycles. The number of carbonyl (C=O) groups is 1. The van der Waals surface area contributed by atoms with Gasteiger partial charge in [0.15, 0.2) is 0 Å². The second kappa shape index (κ2) is 40.1. The predicted octanol–water partition coefficient (Wildman–Crippen LogP) is 10.4. The molecule has 1 fully saturated rings. The van der Waals surface area contributed by atoms with Crippen molar-refractivity contribution in [2.45, 2.75) is 217 Å². The van der Waals surface area contributed by atoms with Gasteiger partial charge in [0.25, 0.3) is 0 Å². The second-order valence-electron chi connectivity index (χ2n) is 16.6. The summed E-state index contributed by atoms with van der Waals surface area (Å²) in [7, 11) is -5.04. The molecule has 6 atom stereocenters. The first-order valence-corrected chi connectivity index (χ1v) is 25.8. The molecule has 1 aliphatic carbocycles. The Morgan fingerprint density at radius 1 is 0.524 bits per heavy atom. The molecule has 0 aromatic rings. The molecule has 0 bridgehead atoms. The van der Waals surface area contributed by atoms with E-state index >= 15 is 0 Å². The van der Waals surface area contributed by atoms with Gasteiger partial charge in [-0.1, -0.05) is 157 Å². The lowest BCUT2D eigenvalue weighted by molar-refractivity contribution is -0.220. The summed E-state index contributed by atoms with van der Waals surface area (Å²) in [5.41, 5.74) is 0. The maximum absolute atomic E-state index is 12.8. The molecule has 0 aliphatic heterocycles. The summed E-state index contributed by atoms with van der Waals surface area (Å²) in [5, 5.41) is 50.2. The van der Waals surface area contributed by atoms with Gasteiger partial charge in [-0.3, -0.25) is 13.8 Å². The Hall–Kier alpha value is -2.22. The van der Waals surface area contributed by atoms with Crippen LogP contribution in [0.25, 0.3) is 0 Å². The summed E-state index contributed by atoms with van der Waals surface area (Å²) in [6, 6.07) is 0. The van der Waals surface area contributed by atoms with Crippen molar-refractivity contribution >= 4 is 13.8 Å². The number of hydrogen-bond acceptors (Lipinski definition) is 11. The van der Waals surface area contributed by atoms with Gasteiger partial charge in [-0.25, -0.2) is 4.57 Å². The Morgan fingerprint density at radius 3 is 1.44 bits per heavy atom. The summed E-state index contributed by atoms with van der Waals surface area (Å²) >= 11 is 0. The molecule has 13 heteroatoms. The summed E-state index contributed by atoms with van der Waals surface area (Å²) in [5.74, 6) is -0.512. The van der Waals surface area contributed by atoms with E-state index < -0.39 is 63.1 Å². The zero-order valence-corrected chi connectivity index (χ0v) is 39.7. The standard InChI is InChI=1S/C50H87O12P/c1-3-5-7-9-11-13-15-17-19-21-22-23-25-27-29-31-33-35-37-39-44(51)61-43(42-60-63(57,58)62-50-48(55)46(53)45(52)47(54)49(50)56)41-59-40-38-36-34-32-30-28-26-24-20-18-16-14-12-10-8-6-4-2/h5,7,11,13,17,19-20,22-24,27,29,43,45-50,52-56H,3-4,6,8-10,12,14-16,18,21,25-26,28,30-42H2,1-2H3,(H,57,58)/b7-5-,13-11-,19-17-,23-22-,24-20-,29-27-. The van der Waals surface area contributed by atoms with E-state index in [9.17, 15) is 39.8 Å². The molecule has 6 N–H and O–H groups in total. The largest absolute Gasteiger partial charge is 0.472 e. The van der Waals surface area contributed by atoms with E-state index in [0.717, 1.165) is 83.5 Å². The molecule has 0 amide bonds. The number of aliphatic hydroxyl groups excluding tert-OH is 5. The van der Waals surface area contributed by atoms with Gasteiger partial charge in [-0.05, 0) is 83.5 Å². The number of esters is 1. The van der Waals surface area contributed by atoms with Crippen LogP contribution in [0.3, 0.4) is 0 Å². The lowest BCUT2D eigenvalue weighted by Gasteiger charge is -2.41. The number of allylic oxidation sites excluding steroid dienone is 12. The number of carbonyl (C=O) groups excluding carboxylic acids is 1. The molecule has 0 spiro atoms. The highest BCUT2D eigenvalue weighted by Gasteiger charge is 2.51. The van der Waals surface area contributed by atoms with Crippen LogP contribution in [0.4, 0.5) is 0 Å². The van der Waals surface area contributed by atoms with E-state index in [0.29, 0.717) is 13.0 Å². The van der Waals surface area contributed by atoms with Crippen molar-refractivity contribution in [2.24, 2.45) is 0 Å². The summed E-state index contributed by atoms with van der Waals surface area (Å²) in [4.78, 5) is 23.2. The van der Waals surface area contributed by atoms with Crippen LogP contribution in [0, 0.1) is 0 Å². The third-order valence-electron chi connectivity index (χ3n) is 10.8. The number of aliphatic hydroxyl groups is 5. The molecular weight excluding hydrogens is 824 g/mol. The first kappa shape index (κ1) is 58.8.